The average molecular weight is 297 g/mol. The van der Waals surface area contributed by atoms with Crippen molar-refractivity contribution < 1.29 is 18.0 Å². The van der Waals surface area contributed by atoms with Crippen molar-refractivity contribution in [1.29, 1.82) is 0 Å². The number of benzene rings is 1. The van der Waals surface area contributed by atoms with Crippen molar-refractivity contribution in [3.05, 3.63) is 35.1 Å². The maximum Gasteiger partial charge on any atom is 0.254 e. The van der Waals surface area contributed by atoms with Crippen molar-refractivity contribution in [3.8, 4) is 0 Å². The lowest BCUT2D eigenvalue weighted by Gasteiger charge is -2.44. The Morgan fingerprint density at radius 1 is 1.00 bits per heavy atom. The van der Waals surface area contributed by atoms with E-state index in [4.69, 9.17) is 0 Å². The van der Waals surface area contributed by atoms with Gasteiger partial charge >= 0.3 is 0 Å². The highest BCUT2D eigenvalue weighted by atomic mass is 19.2. The van der Waals surface area contributed by atoms with Crippen LogP contribution in [0.15, 0.2) is 12.1 Å². The molecule has 1 saturated heterocycles. The fourth-order valence-electron chi connectivity index (χ4n) is 3.72. The van der Waals surface area contributed by atoms with Gasteiger partial charge in [0.15, 0.2) is 17.5 Å². The molecule has 0 N–H and O–H groups in total. The molecule has 0 bridgehead atoms. The number of amides is 1. The highest BCUT2D eigenvalue weighted by molar-refractivity contribution is 5.94. The highest BCUT2D eigenvalue weighted by Crippen LogP contribution is 2.36. The quantitative estimate of drug-likeness (QED) is 0.720. The van der Waals surface area contributed by atoms with E-state index in [0.29, 0.717) is 12.5 Å². The van der Waals surface area contributed by atoms with Gasteiger partial charge in [-0.3, -0.25) is 4.79 Å². The van der Waals surface area contributed by atoms with E-state index < -0.39 is 17.5 Å². The summed E-state index contributed by atoms with van der Waals surface area (Å²) in [5.74, 6) is -4.04. The van der Waals surface area contributed by atoms with Crippen LogP contribution >= 0.6 is 0 Å². The van der Waals surface area contributed by atoms with Gasteiger partial charge in [-0.2, -0.15) is 0 Å². The molecule has 1 aromatic rings. The molecule has 1 aliphatic carbocycles. The van der Waals surface area contributed by atoms with Gasteiger partial charge in [0, 0.05) is 18.2 Å². The summed E-state index contributed by atoms with van der Waals surface area (Å²) in [5, 5.41) is 0. The number of piperidine rings is 1. The molecule has 1 aliphatic heterocycles. The molecule has 2 aliphatic rings. The van der Waals surface area contributed by atoms with E-state index in [9.17, 15) is 18.0 Å². The lowest BCUT2D eigenvalue weighted by atomic mass is 9.78. The topological polar surface area (TPSA) is 20.3 Å². The molecule has 21 heavy (non-hydrogen) atoms. The Balaban J connectivity index is 1.87. The SMILES string of the molecule is O=C(c1cc(F)c(F)c(F)c1)N1CCC[C@H]2CCCC[C@H]21. The van der Waals surface area contributed by atoms with Crippen molar-refractivity contribution in [2.45, 2.75) is 44.6 Å². The fourth-order valence-corrected chi connectivity index (χ4v) is 3.72. The maximum atomic E-state index is 13.3. The molecule has 114 valence electrons. The Labute approximate surface area is 121 Å². The predicted molar refractivity (Wildman–Crippen MR) is 72.3 cm³/mol. The Morgan fingerprint density at radius 2 is 1.62 bits per heavy atom. The number of rotatable bonds is 1. The van der Waals surface area contributed by atoms with Crippen LogP contribution in [0.1, 0.15) is 48.9 Å². The second-order valence-electron chi connectivity index (χ2n) is 6.01. The maximum absolute atomic E-state index is 13.3. The van der Waals surface area contributed by atoms with Gasteiger partial charge < -0.3 is 4.90 Å². The van der Waals surface area contributed by atoms with Crippen LogP contribution in [0, 0.1) is 23.4 Å². The van der Waals surface area contributed by atoms with Gasteiger partial charge in [0.1, 0.15) is 0 Å². The molecule has 1 aromatic carbocycles. The zero-order valence-electron chi connectivity index (χ0n) is 11.7. The van der Waals surface area contributed by atoms with Crippen LogP contribution in [-0.2, 0) is 0 Å². The number of halogens is 3. The minimum Gasteiger partial charge on any atom is -0.335 e. The van der Waals surface area contributed by atoms with E-state index in [0.717, 1.165) is 44.2 Å². The molecule has 1 amide bonds. The third kappa shape index (κ3) is 2.65. The molecular formula is C16H18F3NO. The van der Waals surface area contributed by atoms with Crippen LogP contribution < -0.4 is 0 Å². The number of hydrogen-bond acceptors (Lipinski definition) is 1. The molecule has 0 spiro atoms. The fraction of sp³-hybridized carbons (Fsp3) is 0.562. The number of hydrogen-bond donors (Lipinski definition) is 0. The first-order valence-corrected chi connectivity index (χ1v) is 7.53. The molecule has 2 atom stereocenters. The van der Waals surface area contributed by atoms with E-state index in [1.54, 1.807) is 4.90 Å². The summed E-state index contributed by atoms with van der Waals surface area (Å²) in [6.45, 7) is 0.612. The van der Waals surface area contributed by atoms with E-state index in [2.05, 4.69) is 0 Å². The van der Waals surface area contributed by atoms with Gasteiger partial charge in [-0.15, -0.1) is 0 Å². The Hall–Kier alpha value is -1.52. The Morgan fingerprint density at radius 3 is 2.33 bits per heavy atom. The third-order valence-corrected chi connectivity index (χ3v) is 4.73. The molecule has 3 rings (SSSR count). The summed E-state index contributed by atoms with van der Waals surface area (Å²) in [6, 6.07) is 1.76. The van der Waals surface area contributed by atoms with Crippen molar-refractivity contribution in [2.24, 2.45) is 5.92 Å². The van der Waals surface area contributed by atoms with Crippen LogP contribution in [0.25, 0.3) is 0 Å². The first-order valence-electron chi connectivity index (χ1n) is 7.53. The summed E-state index contributed by atoms with van der Waals surface area (Å²) < 4.78 is 39.6. The summed E-state index contributed by atoms with van der Waals surface area (Å²) in [4.78, 5) is 14.3. The highest BCUT2D eigenvalue weighted by Gasteiger charge is 2.36. The number of likely N-dealkylation sites (tertiary alicyclic amines) is 1. The first-order chi connectivity index (χ1) is 10.1. The molecule has 0 unspecified atom stereocenters. The minimum absolute atomic E-state index is 0.0994. The molecule has 2 nitrogen and oxygen atoms in total. The van der Waals surface area contributed by atoms with Gasteiger partial charge in [-0.25, -0.2) is 13.2 Å². The summed E-state index contributed by atoms with van der Waals surface area (Å²) in [6.07, 6.45) is 6.35. The monoisotopic (exact) mass is 297 g/mol. The van der Waals surface area contributed by atoms with Gasteiger partial charge in [0.05, 0.1) is 0 Å². The largest absolute Gasteiger partial charge is 0.335 e. The van der Waals surface area contributed by atoms with Gasteiger partial charge in [-0.05, 0) is 43.7 Å². The lowest BCUT2D eigenvalue weighted by Crippen LogP contribution is -2.49. The van der Waals surface area contributed by atoms with Crippen LogP contribution in [0.5, 0.6) is 0 Å². The van der Waals surface area contributed by atoms with Crippen LogP contribution in [0.3, 0.4) is 0 Å². The Kier molecular flexibility index (Phi) is 3.91. The normalized spacial score (nSPS) is 25.6. The van der Waals surface area contributed by atoms with E-state index in [-0.39, 0.29) is 17.5 Å². The molecule has 5 heteroatoms. The second-order valence-corrected chi connectivity index (χ2v) is 6.01. The van der Waals surface area contributed by atoms with Crippen molar-refractivity contribution >= 4 is 5.91 Å². The van der Waals surface area contributed by atoms with E-state index in [1.165, 1.54) is 6.42 Å². The molecule has 0 aromatic heterocycles. The second kappa shape index (κ2) is 5.70. The van der Waals surface area contributed by atoms with Crippen LogP contribution in [-0.4, -0.2) is 23.4 Å². The van der Waals surface area contributed by atoms with Crippen molar-refractivity contribution in [3.63, 3.8) is 0 Å². The zero-order chi connectivity index (χ0) is 15.0. The average Bonchev–Trinajstić information content (AvgIpc) is 2.51. The molecule has 0 radical (unpaired) electrons. The standard InChI is InChI=1S/C16H18F3NO/c17-12-8-11(9-13(18)15(12)19)16(21)20-7-3-5-10-4-1-2-6-14(10)20/h8-10,14H,1-7H2/t10-,14-/m1/s1. The predicted octanol–water partition coefficient (Wildman–Crippen LogP) is 3.90. The van der Waals surface area contributed by atoms with Gasteiger partial charge in [0.2, 0.25) is 0 Å². The van der Waals surface area contributed by atoms with E-state index in [1.807, 2.05) is 0 Å². The van der Waals surface area contributed by atoms with E-state index >= 15 is 0 Å². The molecule has 1 saturated carbocycles. The third-order valence-electron chi connectivity index (χ3n) is 4.73. The smallest absolute Gasteiger partial charge is 0.254 e. The summed E-state index contributed by atoms with van der Waals surface area (Å²) in [7, 11) is 0. The van der Waals surface area contributed by atoms with Gasteiger partial charge in [0.25, 0.3) is 5.91 Å². The van der Waals surface area contributed by atoms with Crippen LogP contribution in [0.4, 0.5) is 13.2 Å². The van der Waals surface area contributed by atoms with Crippen molar-refractivity contribution in [2.75, 3.05) is 6.54 Å². The lowest BCUT2D eigenvalue weighted by molar-refractivity contribution is 0.0389. The first kappa shape index (κ1) is 14.4. The summed E-state index contributed by atoms with van der Waals surface area (Å²) in [5.41, 5.74) is -0.0994. The minimum atomic E-state index is -1.53. The van der Waals surface area contributed by atoms with Gasteiger partial charge in [-0.1, -0.05) is 12.8 Å². The van der Waals surface area contributed by atoms with Crippen molar-refractivity contribution in [1.82, 2.24) is 4.90 Å². The molecule has 1 heterocycles. The van der Waals surface area contributed by atoms with Crippen LogP contribution in [0.2, 0.25) is 0 Å². The number of fused-ring (bicyclic) bond motifs is 1. The Bertz CT molecular complexity index is 535. The number of carbonyl (C=O) groups is 1. The molecule has 2 fully saturated rings. The number of nitrogens with zero attached hydrogens (tertiary/aromatic N) is 1. The zero-order valence-corrected chi connectivity index (χ0v) is 11.7. The summed E-state index contributed by atoms with van der Waals surface area (Å²) >= 11 is 0. The number of carbonyl (C=O) groups excluding carboxylic acids is 1. The molecular weight excluding hydrogens is 279 g/mol.